The van der Waals surface area contributed by atoms with E-state index in [-0.39, 0.29) is 5.92 Å². The molecule has 1 unspecified atom stereocenters. The van der Waals surface area contributed by atoms with Crippen molar-refractivity contribution >= 4 is 11.7 Å². The maximum atomic E-state index is 13.0. The van der Waals surface area contributed by atoms with E-state index in [2.05, 4.69) is 5.32 Å². The number of aryl methyl sites for hydroxylation is 1. The van der Waals surface area contributed by atoms with Gasteiger partial charge < -0.3 is 10.4 Å². The number of nitrogens with one attached hydrogen (secondary N) is 1. The van der Waals surface area contributed by atoms with Gasteiger partial charge in [-0.15, -0.1) is 0 Å². The number of rotatable bonds is 8. The molecule has 0 aliphatic carbocycles. The Kier molecular flexibility index (Phi) is 7.41. The third-order valence-electron chi connectivity index (χ3n) is 5.44. The lowest BCUT2D eigenvalue weighted by Crippen LogP contribution is -2.25. The predicted molar refractivity (Wildman–Crippen MR) is 122 cm³/mol. The molecule has 0 saturated carbocycles. The number of alkyl halides is 3. The fraction of sp³-hybridized carbons (Fsp3) is 0.308. The number of hydrogen-bond donors (Lipinski definition) is 2. The van der Waals surface area contributed by atoms with Crippen LogP contribution < -0.4 is 9.88 Å². The van der Waals surface area contributed by atoms with Crippen molar-refractivity contribution in [3.8, 4) is 11.1 Å². The third-order valence-corrected chi connectivity index (χ3v) is 5.44. The van der Waals surface area contributed by atoms with Gasteiger partial charge in [0.15, 0.2) is 12.4 Å². The number of carbonyl (C=O) groups is 1. The number of aromatic nitrogens is 1. The Hall–Kier alpha value is -3.35. The summed E-state index contributed by atoms with van der Waals surface area (Å²) in [6.45, 7) is 4.38. The lowest BCUT2D eigenvalue weighted by atomic mass is 9.87. The van der Waals surface area contributed by atoms with E-state index < -0.39 is 23.6 Å². The zero-order valence-corrected chi connectivity index (χ0v) is 18.9. The molecular weight excluding hydrogens is 429 g/mol. The molecule has 0 amide bonds. The number of aliphatic carboxylic acids is 1. The first-order valence-electron chi connectivity index (χ1n) is 10.8. The van der Waals surface area contributed by atoms with Gasteiger partial charge in [0.05, 0.1) is 11.5 Å². The van der Waals surface area contributed by atoms with E-state index in [0.717, 1.165) is 23.4 Å². The van der Waals surface area contributed by atoms with E-state index in [1.807, 2.05) is 62.1 Å². The van der Waals surface area contributed by atoms with Gasteiger partial charge in [-0.05, 0) is 52.8 Å². The summed E-state index contributed by atoms with van der Waals surface area (Å²) in [5.41, 5.74) is 2.98. The van der Waals surface area contributed by atoms with E-state index in [0.29, 0.717) is 29.7 Å². The first-order valence-corrected chi connectivity index (χ1v) is 10.8. The number of carboxylic acid groups (broad SMARTS) is 1. The van der Waals surface area contributed by atoms with Gasteiger partial charge >= 0.3 is 12.1 Å². The molecule has 0 spiro atoms. The molecule has 1 aromatic heterocycles. The standard InChI is InChI=1S/C26H27F3N2O2/c1-17(2)12-24(25(32)33)21-14-18(16-30-23-8-10-31(3)11-9-23)13-20(15-21)19-4-6-22(7-5-19)26(27,28)29/h4-11,13-15,17,24H,12,16H2,1-3H3,(H,32,33)/p+1. The number of nitrogens with zero attached hydrogens (tertiary/aromatic N) is 1. The molecule has 33 heavy (non-hydrogen) atoms. The van der Waals surface area contributed by atoms with Gasteiger partial charge in [-0.25, -0.2) is 4.57 Å². The lowest BCUT2D eigenvalue weighted by Gasteiger charge is -2.18. The van der Waals surface area contributed by atoms with Crippen LogP contribution in [0.2, 0.25) is 0 Å². The smallest absolute Gasteiger partial charge is 0.416 e. The SMILES string of the molecule is CC(C)CC(C(=O)O)c1cc(CNc2cc[n+](C)cc2)cc(-c2ccc(C(F)(F)F)cc2)c1. The average molecular weight is 458 g/mol. The van der Waals surface area contributed by atoms with Crippen LogP contribution in [0.4, 0.5) is 18.9 Å². The second-order valence-corrected chi connectivity index (χ2v) is 8.66. The molecule has 3 rings (SSSR count). The van der Waals surface area contributed by atoms with Crippen LogP contribution in [-0.2, 0) is 24.6 Å². The molecule has 0 saturated heterocycles. The van der Waals surface area contributed by atoms with Crippen molar-refractivity contribution in [3.05, 3.63) is 83.7 Å². The normalized spacial score (nSPS) is 12.6. The lowest BCUT2D eigenvalue weighted by molar-refractivity contribution is -0.671. The van der Waals surface area contributed by atoms with Crippen LogP contribution in [0.15, 0.2) is 67.0 Å². The van der Waals surface area contributed by atoms with Crippen molar-refractivity contribution in [1.29, 1.82) is 0 Å². The minimum atomic E-state index is -4.41. The van der Waals surface area contributed by atoms with Gasteiger partial charge in [-0.1, -0.05) is 38.1 Å². The highest BCUT2D eigenvalue weighted by atomic mass is 19.4. The Bertz CT molecular complexity index is 1090. The summed E-state index contributed by atoms with van der Waals surface area (Å²) in [5, 5.41) is 13.2. The number of hydrogen-bond acceptors (Lipinski definition) is 2. The van der Waals surface area contributed by atoms with Crippen molar-refractivity contribution in [2.45, 2.75) is 38.9 Å². The molecule has 0 bridgehead atoms. The van der Waals surface area contributed by atoms with Crippen LogP contribution in [-0.4, -0.2) is 11.1 Å². The molecule has 7 heteroatoms. The monoisotopic (exact) mass is 457 g/mol. The Morgan fingerprint density at radius 3 is 2.18 bits per heavy atom. The van der Waals surface area contributed by atoms with Crippen LogP contribution in [0.25, 0.3) is 11.1 Å². The van der Waals surface area contributed by atoms with Crippen LogP contribution in [0, 0.1) is 5.92 Å². The van der Waals surface area contributed by atoms with E-state index >= 15 is 0 Å². The number of carboxylic acids is 1. The minimum absolute atomic E-state index is 0.174. The fourth-order valence-electron chi connectivity index (χ4n) is 3.71. The van der Waals surface area contributed by atoms with Crippen molar-refractivity contribution in [3.63, 3.8) is 0 Å². The summed E-state index contributed by atoms with van der Waals surface area (Å²) < 4.78 is 40.8. The van der Waals surface area contributed by atoms with Crippen molar-refractivity contribution < 1.29 is 27.6 Å². The van der Waals surface area contributed by atoms with Gasteiger partial charge in [0.25, 0.3) is 0 Å². The van der Waals surface area contributed by atoms with Gasteiger partial charge in [0.1, 0.15) is 7.05 Å². The minimum Gasteiger partial charge on any atom is -0.481 e. The van der Waals surface area contributed by atoms with Crippen LogP contribution in [0.5, 0.6) is 0 Å². The summed E-state index contributed by atoms with van der Waals surface area (Å²) in [4.78, 5) is 12.0. The molecule has 0 radical (unpaired) electrons. The van der Waals surface area contributed by atoms with E-state index in [1.54, 1.807) is 6.07 Å². The fourth-order valence-corrected chi connectivity index (χ4v) is 3.71. The zero-order valence-electron chi connectivity index (χ0n) is 18.9. The summed E-state index contributed by atoms with van der Waals surface area (Å²) in [6, 6.07) is 14.3. The predicted octanol–water partition coefficient (Wildman–Crippen LogP) is 6.02. The molecule has 3 aromatic rings. The molecular formula is C26H28F3N2O2+. The second kappa shape index (κ2) is 10.1. The number of pyridine rings is 1. The molecule has 4 nitrogen and oxygen atoms in total. The van der Waals surface area contributed by atoms with Crippen LogP contribution in [0.1, 0.15) is 42.9 Å². The summed E-state index contributed by atoms with van der Waals surface area (Å²) in [5.74, 6) is -1.44. The van der Waals surface area contributed by atoms with Gasteiger partial charge in [0.2, 0.25) is 0 Å². The van der Waals surface area contributed by atoms with Gasteiger partial charge in [-0.2, -0.15) is 13.2 Å². The van der Waals surface area contributed by atoms with Gasteiger partial charge in [-0.3, -0.25) is 4.79 Å². The molecule has 174 valence electrons. The van der Waals surface area contributed by atoms with E-state index in [1.165, 1.54) is 12.1 Å². The number of benzene rings is 2. The number of anilines is 1. The summed E-state index contributed by atoms with van der Waals surface area (Å²) >= 11 is 0. The summed E-state index contributed by atoms with van der Waals surface area (Å²) in [7, 11) is 1.92. The maximum Gasteiger partial charge on any atom is 0.416 e. The Morgan fingerprint density at radius 1 is 1.00 bits per heavy atom. The third kappa shape index (κ3) is 6.57. The molecule has 0 fully saturated rings. The highest BCUT2D eigenvalue weighted by molar-refractivity contribution is 5.77. The maximum absolute atomic E-state index is 13.0. The van der Waals surface area contributed by atoms with Gasteiger partial charge in [0, 0.05) is 24.4 Å². The Balaban J connectivity index is 1.99. The van der Waals surface area contributed by atoms with Crippen molar-refractivity contribution in [2.24, 2.45) is 13.0 Å². The molecule has 2 aromatic carbocycles. The molecule has 1 heterocycles. The molecule has 2 N–H and O–H groups in total. The molecule has 0 aliphatic heterocycles. The van der Waals surface area contributed by atoms with Crippen LogP contribution in [0.3, 0.4) is 0 Å². The van der Waals surface area contributed by atoms with E-state index in [4.69, 9.17) is 0 Å². The van der Waals surface area contributed by atoms with Crippen molar-refractivity contribution in [2.75, 3.05) is 5.32 Å². The van der Waals surface area contributed by atoms with E-state index in [9.17, 15) is 23.1 Å². The van der Waals surface area contributed by atoms with Crippen LogP contribution >= 0.6 is 0 Å². The largest absolute Gasteiger partial charge is 0.481 e. The highest BCUT2D eigenvalue weighted by Crippen LogP contribution is 2.33. The Morgan fingerprint density at radius 2 is 1.64 bits per heavy atom. The van der Waals surface area contributed by atoms with Crippen molar-refractivity contribution in [1.82, 2.24) is 0 Å². The average Bonchev–Trinajstić information content (AvgIpc) is 2.76. The summed E-state index contributed by atoms with van der Waals surface area (Å²) in [6.07, 6.45) is -0.119. The molecule has 1 atom stereocenters. The quantitative estimate of drug-likeness (QED) is 0.407. The molecule has 0 aliphatic rings. The second-order valence-electron chi connectivity index (χ2n) is 8.66. The Labute approximate surface area is 191 Å². The topological polar surface area (TPSA) is 53.2 Å². The number of halogens is 3. The highest BCUT2D eigenvalue weighted by Gasteiger charge is 2.30. The first kappa shape index (κ1) is 24.3. The first-order chi connectivity index (χ1) is 15.5. The zero-order chi connectivity index (χ0) is 24.2.